The van der Waals surface area contributed by atoms with Crippen LogP contribution < -0.4 is 22.1 Å². The lowest BCUT2D eigenvalue weighted by molar-refractivity contribution is -0.193. The highest BCUT2D eigenvalue weighted by Gasteiger charge is 2.39. The maximum absolute atomic E-state index is 13.4. The number of nitrogens with two attached hydrogens (primary N) is 2. The molecule has 1 aliphatic rings. The first-order chi connectivity index (χ1) is 24.6. The van der Waals surface area contributed by atoms with Crippen LogP contribution in [-0.4, -0.2) is 80.4 Å². The molecule has 1 heterocycles. The number of fused-ring (bicyclic) bond motifs is 1. The third-order valence-electron chi connectivity index (χ3n) is 7.34. The summed E-state index contributed by atoms with van der Waals surface area (Å²) in [6.45, 7) is 5.80. The number of alkyl halides is 6. The van der Waals surface area contributed by atoms with Gasteiger partial charge in [-0.1, -0.05) is 68.7 Å². The maximum atomic E-state index is 13.4. The fourth-order valence-corrected chi connectivity index (χ4v) is 4.78. The number of aryl methyl sites for hydroxylation is 1. The van der Waals surface area contributed by atoms with E-state index in [1.165, 1.54) is 0 Å². The second-order valence-electron chi connectivity index (χ2n) is 12.0. The minimum atomic E-state index is -5.08. The number of nitrogens with one attached hydrogen (secondary N) is 2. The SMILES string of the molecule is Cc1ccc2nc(C(=O)NC(C(=O)OCc3ccccc3)C(C)C)nc(NC3CCCCC3N=C(N)N)c2c1.O=C(O)C(F)(F)F.O=C(O)C(F)(F)F. The van der Waals surface area contributed by atoms with E-state index in [0.29, 0.717) is 11.3 Å². The molecule has 3 aromatic rings. The van der Waals surface area contributed by atoms with Gasteiger partial charge in [-0.2, -0.15) is 26.3 Å². The maximum Gasteiger partial charge on any atom is 0.490 e. The number of rotatable bonds is 9. The number of anilines is 1. The summed E-state index contributed by atoms with van der Waals surface area (Å²) in [6, 6.07) is 14.2. The number of carboxylic acids is 2. The van der Waals surface area contributed by atoms with Gasteiger partial charge in [0.25, 0.3) is 5.91 Å². The van der Waals surface area contributed by atoms with E-state index >= 15 is 0 Å². The summed E-state index contributed by atoms with van der Waals surface area (Å²) < 4.78 is 69.0. The number of carbonyl (C=O) groups is 4. The van der Waals surface area contributed by atoms with E-state index in [1.54, 1.807) is 0 Å². The molecule has 0 spiro atoms. The molecule has 1 fully saturated rings. The topological polar surface area (TPSA) is 232 Å². The first kappa shape index (κ1) is 43.5. The fraction of sp³-hybridized carbons (Fsp3) is 0.424. The number of hydrogen-bond acceptors (Lipinski definition) is 9. The van der Waals surface area contributed by atoms with Crippen LogP contribution in [0.2, 0.25) is 0 Å². The zero-order valence-corrected chi connectivity index (χ0v) is 28.7. The number of aliphatic imine (C=N–C) groups is 1. The Balaban J connectivity index is 0.000000587. The van der Waals surface area contributed by atoms with Crippen LogP contribution in [0.5, 0.6) is 0 Å². The number of benzene rings is 2. The Labute approximate surface area is 299 Å². The van der Waals surface area contributed by atoms with Crippen LogP contribution in [0, 0.1) is 12.8 Å². The van der Waals surface area contributed by atoms with E-state index < -0.39 is 42.2 Å². The molecule has 0 radical (unpaired) electrons. The Morgan fingerprint density at radius 1 is 0.925 bits per heavy atom. The van der Waals surface area contributed by atoms with E-state index in [1.807, 2.05) is 69.3 Å². The van der Waals surface area contributed by atoms with Crippen LogP contribution in [0.15, 0.2) is 53.5 Å². The number of ether oxygens (including phenoxy) is 1. The van der Waals surface area contributed by atoms with E-state index in [-0.39, 0.29) is 36.4 Å². The van der Waals surface area contributed by atoms with Crippen molar-refractivity contribution in [2.24, 2.45) is 22.4 Å². The summed E-state index contributed by atoms with van der Waals surface area (Å²) >= 11 is 0. The van der Waals surface area contributed by atoms with Gasteiger partial charge in [0.1, 0.15) is 18.5 Å². The molecule has 20 heteroatoms. The lowest BCUT2D eigenvalue weighted by Gasteiger charge is -2.30. The molecule has 1 saturated carbocycles. The molecule has 1 aliphatic carbocycles. The minimum Gasteiger partial charge on any atom is -0.475 e. The van der Waals surface area contributed by atoms with Crippen molar-refractivity contribution >= 4 is 46.5 Å². The second-order valence-corrected chi connectivity index (χ2v) is 12.0. The Morgan fingerprint density at radius 3 is 2.02 bits per heavy atom. The molecule has 2 aromatic carbocycles. The monoisotopic (exact) mass is 759 g/mol. The van der Waals surface area contributed by atoms with Gasteiger partial charge in [-0.25, -0.2) is 29.3 Å². The number of nitrogens with zero attached hydrogens (tertiary/aromatic N) is 3. The molecule has 3 unspecified atom stereocenters. The molecule has 53 heavy (non-hydrogen) atoms. The van der Waals surface area contributed by atoms with Crippen molar-refractivity contribution in [1.82, 2.24) is 15.3 Å². The Bertz CT molecular complexity index is 1730. The number of hydrogen-bond donors (Lipinski definition) is 6. The average Bonchev–Trinajstić information content (AvgIpc) is 3.06. The first-order valence-electron chi connectivity index (χ1n) is 15.9. The van der Waals surface area contributed by atoms with Crippen LogP contribution in [0.3, 0.4) is 0 Å². The van der Waals surface area contributed by atoms with Gasteiger partial charge in [0.05, 0.1) is 17.6 Å². The number of halogens is 6. The summed E-state index contributed by atoms with van der Waals surface area (Å²) in [7, 11) is 0. The van der Waals surface area contributed by atoms with Gasteiger partial charge in [-0.05, 0) is 43.4 Å². The normalized spacial score (nSPS) is 16.1. The molecule has 1 amide bonds. The van der Waals surface area contributed by atoms with Crippen molar-refractivity contribution in [3.05, 3.63) is 65.5 Å². The molecular formula is C33H39F6N7O7. The van der Waals surface area contributed by atoms with Crippen molar-refractivity contribution < 1.29 is 60.5 Å². The highest BCUT2D eigenvalue weighted by molar-refractivity contribution is 5.98. The van der Waals surface area contributed by atoms with Crippen molar-refractivity contribution in [3.63, 3.8) is 0 Å². The minimum absolute atomic E-state index is 0.0374. The average molecular weight is 760 g/mol. The number of carboxylic acid groups (broad SMARTS) is 2. The smallest absolute Gasteiger partial charge is 0.475 e. The van der Waals surface area contributed by atoms with Crippen molar-refractivity contribution in [3.8, 4) is 0 Å². The zero-order chi connectivity index (χ0) is 40.1. The Morgan fingerprint density at radius 2 is 1.49 bits per heavy atom. The third-order valence-corrected chi connectivity index (χ3v) is 7.34. The summed E-state index contributed by atoms with van der Waals surface area (Å²) in [5, 5.41) is 21.3. The molecule has 3 atom stereocenters. The molecule has 14 nitrogen and oxygen atoms in total. The van der Waals surface area contributed by atoms with Crippen LogP contribution >= 0.6 is 0 Å². The number of guanidine groups is 1. The van der Waals surface area contributed by atoms with E-state index in [4.69, 9.17) is 36.0 Å². The summed E-state index contributed by atoms with van der Waals surface area (Å²) in [5.41, 5.74) is 13.9. The number of carbonyl (C=O) groups excluding carboxylic acids is 2. The molecule has 0 bridgehead atoms. The van der Waals surface area contributed by atoms with E-state index in [9.17, 15) is 35.9 Å². The quantitative estimate of drug-likeness (QED) is 0.0755. The Hall–Kier alpha value is -5.69. The van der Waals surface area contributed by atoms with Gasteiger partial charge < -0.3 is 37.1 Å². The zero-order valence-electron chi connectivity index (χ0n) is 28.7. The van der Waals surface area contributed by atoms with Crippen LogP contribution in [0.4, 0.5) is 32.2 Å². The van der Waals surface area contributed by atoms with Crippen LogP contribution in [-0.2, 0) is 25.7 Å². The molecule has 8 N–H and O–H groups in total. The number of aromatic nitrogens is 2. The summed E-state index contributed by atoms with van der Waals surface area (Å²) in [4.78, 5) is 57.6. The third kappa shape index (κ3) is 14.5. The van der Waals surface area contributed by atoms with E-state index in [0.717, 1.165) is 42.2 Å². The first-order valence-corrected chi connectivity index (χ1v) is 15.9. The number of esters is 1. The summed E-state index contributed by atoms with van der Waals surface area (Å²) in [5.74, 6) is -6.25. The van der Waals surface area contributed by atoms with Crippen molar-refractivity contribution in [2.75, 3.05) is 5.32 Å². The van der Waals surface area contributed by atoms with Gasteiger partial charge in [0, 0.05) is 5.39 Å². The van der Waals surface area contributed by atoms with Crippen molar-refractivity contribution in [1.29, 1.82) is 0 Å². The highest BCUT2D eigenvalue weighted by Crippen LogP contribution is 2.28. The molecule has 4 rings (SSSR count). The van der Waals surface area contributed by atoms with Gasteiger partial charge in [-0.15, -0.1) is 0 Å². The van der Waals surface area contributed by atoms with Gasteiger partial charge in [0.2, 0.25) is 5.82 Å². The number of amides is 1. The molecule has 290 valence electrons. The predicted octanol–water partition coefficient (Wildman–Crippen LogP) is 4.70. The lowest BCUT2D eigenvalue weighted by atomic mass is 9.90. The van der Waals surface area contributed by atoms with E-state index in [2.05, 4.69) is 25.6 Å². The molecule has 0 saturated heterocycles. The number of aliphatic carboxylic acids is 2. The lowest BCUT2D eigenvalue weighted by Crippen LogP contribution is -2.45. The molecule has 1 aromatic heterocycles. The van der Waals surface area contributed by atoms with Gasteiger partial charge in [-0.3, -0.25) is 4.79 Å². The molecular weight excluding hydrogens is 720 g/mol. The predicted molar refractivity (Wildman–Crippen MR) is 179 cm³/mol. The van der Waals surface area contributed by atoms with Crippen molar-refractivity contribution in [2.45, 2.75) is 83.5 Å². The molecule has 0 aliphatic heterocycles. The van der Waals surface area contributed by atoms with Gasteiger partial charge >= 0.3 is 30.3 Å². The largest absolute Gasteiger partial charge is 0.490 e. The summed E-state index contributed by atoms with van der Waals surface area (Å²) in [6.07, 6.45) is -6.38. The second kappa shape index (κ2) is 19.2. The fourth-order valence-electron chi connectivity index (χ4n) is 4.78. The highest BCUT2D eigenvalue weighted by atomic mass is 19.4. The van der Waals surface area contributed by atoms with Crippen LogP contribution in [0.1, 0.15) is 61.3 Å². The van der Waals surface area contributed by atoms with Gasteiger partial charge in [0.15, 0.2) is 5.96 Å². The van der Waals surface area contributed by atoms with Crippen LogP contribution in [0.25, 0.3) is 10.9 Å². The standard InChI is InChI=1S/C29H37N7O3.2C2HF3O2/c1-17(2)24(28(38)39-16-19-9-5-4-6-10-19)35-27(37)26-32-21-14-13-18(3)15-20(21)25(36-26)33-22-11-7-8-12-23(22)34-29(30)31;2*3-2(4,5)1(6)7/h4-6,9-10,13-15,17,22-24H,7-8,11-12,16H2,1-3H3,(H,35,37)(H4,30,31,34)(H,32,33,36);2*(H,6,7). The Kier molecular flexibility index (Phi) is 15.8.